The fraction of sp³-hybridized carbons (Fsp3) is 0.643. The first kappa shape index (κ1) is 12.5. The molecule has 2 rings (SSSR count). The quantitative estimate of drug-likeness (QED) is 0.849. The number of pyridine rings is 1. The third-order valence-corrected chi connectivity index (χ3v) is 3.39. The maximum absolute atomic E-state index is 5.38. The molecule has 0 aliphatic carbocycles. The lowest BCUT2D eigenvalue weighted by Gasteiger charge is -2.25. The highest BCUT2D eigenvalue weighted by Crippen LogP contribution is 2.19. The second-order valence-corrected chi connectivity index (χ2v) is 4.89. The summed E-state index contributed by atoms with van der Waals surface area (Å²) in [5.74, 6) is 0.829. The van der Waals surface area contributed by atoms with E-state index in [0.717, 1.165) is 31.4 Å². The molecule has 0 amide bonds. The van der Waals surface area contributed by atoms with Crippen molar-refractivity contribution < 1.29 is 4.74 Å². The van der Waals surface area contributed by atoms with Crippen LogP contribution in [0.4, 0.5) is 0 Å². The van der Waals surface area contributed by atoms with Crippen molar-refractivity contribution in [2.45, 2.75) is 38.8 Å². The van der Waals surface area contributed by atoms with Gasteiger partial charge >= 0.3 is 0 Å². The van der Waals surface area contributed by atoms with Crippen LogP contribution in [0.3, 0.4) is 0 Å². The van der Waals surface area contributed by atoms with Crippen LogP contribution in [0, 0.1) is 5.92 Å². The maximum Gasteiger partial charge on any atom is 0.0541 e. The summed E-state index contributed by atoms with van der Waals surface area (Å²) in [6.07, 6.45) is 5.53. The number of ether oxygens (including phenoxy) is 1. The third kappa shape index (κ3) is 4.44. The van der Waals surface area contributed by atoms with Gasteiger partial charge in [0.05, 0.1) is 5.69 Å². The molecule has 2 heterocycles. The van der Waals surface area contributed by atoms with Crippen molar-refractivity contribution in [3.63, 3.8) is 0 Å². The first-order valence-corrected chi connectivity index (χ1v) is 6.55. The van der Waals surface area contributed by atoms with Crippen LogP contribution in [0.2, 0.25) is 0 Å². The average Bonchev–Trinajstić information content (AvgIpc) is 2.39. The summed E-state index contributed by atoms with van der Waals surface area (Å²) in [4.78, 5) is 4.32. The molecule has 1 atom stereocenters. The van der Waals surface area contributed by atoms with Gasteiger partial charge in [0.25, 0.3) is 0 Å². The van der Waals surface area contributed by atoms with Crippen LogP contribution in [-0.4, -0.2) is 24.2 Å². The Balaban J connectivity index is 1.68. The van der Waals surface area contributed by atoms with Crippen LogP contribution in [0.5, 0.6) is 0 Å². The standard InChI is InChI=1S/C14H22N2O/c1-12(10-13-5-8-17-9-6-13)16-11-14-4-2-3-7-15-14/h2-4,7,12-13,16H,5-6,8-11H2,1H3. The van der Waals surface area contributed by atoms with Crippen LogP contribution >= 0.6 is 0 Å². The van der Waals surface area contributed by atoms with E-state index in [1.807, 2.05) is 18.3 Å². The molecule has 1 saturated heterocycles. The smallest absolute Gasteiger partial charge is 0.0541 e. The van der Waals surface area contributed by atoms with Gasteiger partial charge < -0.3 is 10.1 Å². The van der Waals surface area contributed by atoms with Crippen LogP contribution in [0.1, 0.15) is 31.9 Å². The number of nitrogens with one attached hydrogen (secondary N) is 1. The lowest BCUT2D eigenvalue weighted by molar-refractivity contribution is 0.0611. The molecule has 0 saturated carbocycles. The second-order valence-electron chi connectivity index (χ2n) is 4.89. The Hall–Kier alpha value is -0.930. The Kier molecular flexibility index (Phi) is 4.95. The van der Waals surface area contributed by atoms with Gasteiger partial charge in [-0.2, -0.15) is 0 Å². The fourth-order valence-corrected chi connectivity index (χ4v) is 2.35. The first-order valence-electron chi connectivity index (χ1n) is 6.55. The van der Waals surface area contributed by atoms with E-state index in [1.165, 1.54) is 19.3 Å². The Labute approximate surface area is 104 Å². The molecular weight excluding hydrogens is 212 g/mol. The average molecular weight is 234 g/mol. The van der Waals surface area contributed by atoms with Crippen molar-refractivity contribution in [3.05, 3.63) is 30.1 Å². The maximum atomic E-state index is 5.38. The van der Waals surface area contributed by atoms with Crippen LogP contribution in [-0.2, 0) is 11.3 Å². The van der Waals surface area contributed by atoms with Crippen LogP contribution in [0.15, 0.2) is 24.4 Å². The van der Waals surface area contributed by atoms with E-state index in [9.17, 15) is 0 Å². The highest BCUT2D eigenvalue weighted by atomic mass is 16.5. The summed E-state index contributed by atoms with van der Waals surface area (Å²) in [5, 5.41) is 3.54. The molecule has 0 aromatic carbocycles. The van der Waals surface area contributed by atoms with Gasteiger partial charge in [-0.05, 0) is 44.2 Å². The molecule has 1 aliphatic heterocycles. The molecule has 1 aromatic rings. The predicted octanol–water partition coefficient (Wildman–Crippen LogP) is 2.38. The lowest BCUT2D eigenvalue weighted by Crippen LogP contribution is -2.30. The molecule has 3 nitrogen and oxygen atoms in total. The highest BCUT2D eigenvalue weighted by molar-refractivity contribution is 5.03. The zero-order valence-corrected chi connectivity index (χ0v) is 10.6. The predicted molar refractivity (Wildman–Crippen MR) is 68.7 cm³/mol. The van der Waals surface area contributed by atoms with Gasteiger partial charge in [0.1, 0.15) is 0 Å². The van der Waals surface area contributed by atoms with Gasteiger partial charge in [0.2, 0.25) is 0 Å². The van der Waals surface area contributed by atoms with E-state index >= 15 is 0 Å². The van der Waals surface area contributed by atoms with Gasteiger partial charge in [-0.3, -0.25) is 4.98 Å². The Bertz CT molecular complexity index is 309. The van der Waals surface area contributed by atoms with Crippen molar-refractivity contribution in [2.75, 3.05) is 13.2 Å². The van der Waals surface area contributed by atoms with Crippen LogP contribution in [0.25, 0.3) is 0 Å². The molecular formula is C14H22N2O. The SMILES string of the molecule is CC(CC1CCOCC1)NCc1ccccn1. The highest BCUT2D eigenvalue weighted by Gasteiger charge is 2.16. The van der Waals surface area contributed by atoms with Gasteiger partial charge in [-0.25, -0.2) is 0 Å². The minimum absolute atomic E-state index is 0.556. The van der Waals surface area contributed by atoms with E-state index < -0.39 is 0 Å². The normalized spacial score (nSPS) is 19.1. The summed E-state index contributed by atoms with van der Waals surface area (Å²) < 4.78 is 5.38. The molecule has 3 heteroatoms. The van der Waals surface area contributed by atoms with E-state index in [-0.39, 0.29) is 0 Å². The molecule has 1 aromatic heterocycles. The molecule has 94 valence electrons. The van der Waals surface area contributed by atoms with Crippen LogP contribution < -0.4 is 5.32 Å². The van der Waals surface area contributed by atoms with E-state index in [4.69, 9.17) is 4.74 Å². The van der Waals surface area contributed by atoms with Crippen molar-refractivity contribution >= 4 is 0 Å². The van der Waals surface area contributed by atoms with Crippen molar-refractivity contribution in [2.24, 2.45) is 5.92 Å². The zero-order valence-electron chi connectivity index (χ0n) is 10.6. The summed E-state index contributed by atoms with van der Waals surface area (Å²) >= 11 is 0. The van der Waals surface area contributed by atoms with Crippen molar-refractivity contribution in [3.8, 4) is 0 Å². The van der Waals surface area contributed by atoms with E-state index in [0.29, 0.717) is 6.04 Å². The number of rotatable bonds is 5. The summed E-state index contributed by atoms with van der Waals surface area (Å²) in [5.41, 5.74) is 1.12. The van der Waals surface area contributed by atoms with Crippen molar-refractivity contribution in [1.29, 1.82) is 0 Å². The number of nitrogens with zero attached hydrogens (tertiary/aromatic N) is 1. The van der Waals surface area contributed by atoms with E-state index in [1.54, 1.807) is 0 Å². The Morgan fingerprint density at radius 2 is 2.24 bits per heavy atom. The molecule has 1 fully saturated rings. The third-order valence-electron chi connectivity index (χ3n) is 3.39. The Morgan fingerprint density at radius 1 is 1.41 bits per heavy atom. The minimum atomic E-state index is 0.556. The second kappa shape index (κ2) is 6.72. The number of hydrogen-bond acceptors (Lipinski definition) is 3. The molecule has 0 spiro atoms. The molecule has 1 aliphatic rings. The Morgan fingerprint density at radius 3 is 2.94 bits per heavy atom. The zero-order chi connectivity index (χ0) is 11.9. The lowest BCUT2D eigenvalue weighted by atomic mass is 9.93. The molecule has 1 N–H and O–H groups in total. The van der Waals surface area contributed by atoms with E-state index in [2.05, 4.69) is 23.3 Å². The van der Waals surface area contributed by atoms with Gasteiger partial charge in [-0.15, -0.1) is 0 Å². The first-order chi connectivity index (χ1) is 8.34. The van der Waals surface area contributed by atoms with Crippen molar-refractivity contribution in [1.82, 2.24) is 10.3 Å². The monoisotopic (exact) mass is 234 g/mol. The van der Waals surface area contributed by atoms with Gasteiger partial charge in [0, 0.05) is 32.0 Å². The largest absolute Gasteiger partial charge is 0.381 e. The molecule has 0 bridgehead atoms. The molecule has 0 radical (unpaired) electrons. The number of hydrogen-bond donors (Lipinski definition) is 1. The molecule has 1 unspecified atom stereocenters. The topological polar surface area (TPSA) is 34.1 Å². The minimum Gasteiger partial charge on any atom is -0.381 e. The summed E-state index contributed by atoms with van der Waals surface area (Å²) in [6.45, 7) is 5.01. The summed E-state index contributed by atoms with van der Waals surface area (Å²) in [6, 6.07) is 6.61. The summed E-state index contributed by atoms with van der Waals surface area (Å²) in [7, 11) is 0. The fourth-order valence-electron chi connectivity index (χ4n) is 2.35. The van der Waals surface area contributed by atoms with Gasteiger partial charge in [0.15, 0.2) is 0 Å². The number of aromatic nitrogens is 1. The molecule has 17 heavy (non-hydrogen) atoms. The van der Waals surface area contributed by atoms with Gasteiger partial charge in [-0.1, -0.05) is 6.07 Å².